The van der Waals surface area contributed by atoms with Crippen LogP contribution in [0.15, 0.2) is 54.6 Å². The minimum absolute atomic E-state index is 0.483. The number of fused-ring (bicyclic) bond motifs is 2. The van der Waals surface area contributed by atoms with Gasteiger partial charge in [0.1, 0.15) is 0 Å². The lowest BCUT2D eigenvalue weighted by molar-refractivity contribution is -0.125. The zero-order valence-corrected chi connectivity index (χ0v) is 16.3. The van der Waals surface area contributed by atoms with Crippen LogP contribution >= 0.6 is 0 Å². The van der Waals surface area contributed by atoms with Crippen LogP contribution in [0.2, 0.25) is 0 Å². The molecule has 6 heteroatoms. The maximum atomic E-state index is 13.0. The van der Waals surface area contributed by atoms with Gasteiger partial charge < -0.3 is 10.5 Å². The van der Waals surface area contributed by atoms with Crippen LogP contribution in [-0.2, 0) is 29.0 Å². The zero-order chi connectivity index (χ0) is 20.4. The number of ether oxygens (including phenoxy) is 1. The van der Waals surface area contributed by atoms with Gasteiger partial charge in [-0.2, -0.15) is 0 Å². The number of rotatable bonds is 5. The Labute approximate surface area is 169 Å². The van der Waals surface area contributed by atoms with Crippen LogP contribution in [0.25, 0.3) is 10.9 Å². The van der Waals surface area contributed by atoms with Crippen LogP contribution in [0.4, 0.5) is 0 Å². The molecule has 2 heterocycles. The van der Waals surface area contributed by atoms with Crippen molar-refractivity contribution in [1.29, 1.82) is 0 Å². The second-order valence-electron chi connectivity index (χ2n) is 7.33. The van der Waals surface area contributed by atoms with Gasteiger partial charge >= 0.3 is 5.97 Å². The van der Waals surface area contributed by atoms with E-state index in [-0.39, 0.29) is 0 Å². The quantitative estimate of drug-likeness (QED) is 0.678. The van der Waals surface area contributed by atoms with Crippen LogP contribution in [0.3, 0.4) is 0 Å². The van der Waals surface area contributed by atoms with Crippen molar-refractivity contribution < 1.29 is 14.3 Å². The summed E-state index contributed by atoms with van der Waals surface area (Å²) in [6, 6.07) is 17.8. The zero-order valence-electron chi connectivity index (χ0n) is 16.3. The third-order valence-corrected chi connectivity index (χ3v) is 5.26. The number of nitrogens with zero attached hydrogens (tertiary/aromatic N) is 2. The normalized spacial score (nSPS) is 14.9. The molecule has 1 aromatic heterocycles. The second kappa shape index (κ2) is 8.01. The summed E-state index contributed by atoms with van der Waals surface area (Å²) >= 11 is 0. The van der Waals surface area contributed by atoms with Crippen molar-refractivity contribution in [3.05, 3.63) is 77.0 Å². The van der Waals surface area contributed by atoms with Crippen molar-refractivity contribution in [3.8, 4) is 0 Å². The molecule has 0 spiro atoms. The maximum Gasteiger partial charge on any atom is 0.339 e. The summed E-state index contributed by atoms with van der Waals surface area (Å²) in [7, 11) is 0. The van der Waals surface area contributed by atoms with E-state index in [0.717, 1.165) is 41.7 Å². The number of hydrogen-bond acceptors (Lipinski definition) is 5. The van der Waals surface area contributed by atoms with Crippen molar-refractivity contribution in [2.75, 3.05) is 6.54 Å². The number of amides is 1. The van der Waals surface area contributed by atoms with Crippen LogP contribution in [-0.4, -0.2) is 34.4 Å². The molecule has 0 radical (unpaired) electrons. The van der Waals surface area contributed by atoms with E-state index >= 15 is 0 Å². The van der Waals surface area contributed by atoms with E-state index in [1.807, 2.05) is 42.5 Å². The molecule has 1 amide bonds. The number of carbonyl (C=O) groups is 2. The van der Waals surface area contributed by atoms with E-state index in [4.69, 9.17) is 15.5 Å². The van der Waals surface area contributed by atoms with Crippen LogP contribution in [0.1, 0.15) is 34.1 Å². The molecule has 29 heavy (non-hydrogen) atoms. The van der Waals surface area contributed by atoms with E-state index in [1.54, 1.807) is 0 Å². The van der Waals surface area contributed by atoms with Gasteiger partial charge in [0, 0.05) is 42.7 Å². The molecule has 1 atom stereocenters. The number of esters is 1. The van der Waals surface area contributed by atoms with Gasteiger partial charge in [0.15, 0.2) is 6.10 Å². The highest BCUT2D eigenvalue weighted by Crippen LogP contribution is 2.29. The lowest BCUT2D eigenvalue weighted by Gasteiger charge is -2.30. The first-order valence-corrected chi connectivity index (χ1v) is 9.70. The largest absolute Gasteiger partial charge is 0.449 e. The number of carbonyl (C=O) groups excluding carboxylic acids is 2. The number of para-hydroxylation sites is 1. The third-order valence-electron chi connectivity index (χ3n) is 5.26. The van der Waals surface area contributed by atoms with Crippen molar-refractivity contribution in [2.24, 2.45) is 5.73 Å². The van der Waals surface area contributed by atoms with Gasteiger partial charge in [-0.1, -0.05) is 48.5 Å². The Morgan fingerprint density at radius 3 is 2.62 bits per heavy atom. The van der Waals surface area contributed by atoms with Gasteiger partial charge in [0.05, 0.1) is 11.1 Å². The van der Waals surface area contributed by atoms with Crippen LogP contribution < -0.4 is 5.73 Å². The fraction of sp³-hybridized carbons (Fsp3) is 0.261. The number of hydrogen-bond donors (Lipinski definition) is 1. The number of pyridine rings is 1. The van der Waals surface area contributed by atoms with Gasteiger partial charge in [-0.25, -0.2) is 4.79 Å². The molecular weight excluding hydrogens is 366 g/mol. The molecule has 0 saturated heterocycles. The summed E-state index contributed by atoms with van der Waals surface area (Å²) < 4.78 is 5.37. The average Bonchev–Trinajstić information content (AvgIpc) is 2.72. The summed E-state index contributed by atoms with van der Waals surface area (Å²) in [5.74, 6) is -1.20. The highest BCUT2D eigenvalue weighted by atomic mass is 16.5. The number of aromatic nitrogens is 1. The van der Waals surface area contributed by atoms with E-state index in [1.165, 1.54) is 12.5 Å². The van der Waals surface area contributed by atoms with E-state index in [2.05, 4.69) is 17.0 Å². The molecule has 1 aliphatic heterocycles. The van der Waals surface area contributed by atoms with Crippen molar-refractivity contribution >= 4 is 22.8 Å². The fourth-order valence-electron chi connectivity index (χ4n) is 3.73. The monoisotopic (exact) mass is 389 g/mol. The van der Waals surface area contributed by atoms with Gasteiger partial charge in [-0.05, 0) is 18.6 Å². The molecule has 2 aromatic carbocycles. The predicted molar refractivity (Wildman–Crippen MR) is 110 cm³/mol. The topological polar surface area (TPSA) is 85.5 Å². The molecule has 0 saturated carbocycles. The fourth-order valence-corrected chi connectivity index (χ4v) is 3.73. The molecule has 0 bridgehead atoms. The molecule has 1 aliphatic rings. The second-order valence-corrected chi connectivity index (χ2v) is 7.33. The number of benzene rings is 2. The van der Waals surface area contributed by atoms with Gasteiger partial charge in [-0.15, -0.1) is 0 Å². The molecule has 3 aromatic rings. The SMILES string of the molecule is C[C@@H](OC(=O)c1c2c(nc3ccccc13)CCN(Cc1ccccc1)C2)C(N)=O. The molecule has 148 valence electrons. The van der Waals surface area contributed by atoms with E-state index < -0.39 is 18.0 Å². The average molecular weight is 389 g/mol. The highest BCUT2D eigenvalue weighted by molar-refractivity contribution is 6.05. The van der Waals surface area contributed by atoms with Crippen LogP contribution in [0.5, 0.6) is 0 Å². The lowest BCUT2D eigenvalue weighted by atomic mass is 9.95. The Morgan fingerprint density at radius 1 is 1.14 bits per heavy atom. The maximum absolute atomic E-state index is 13.0. The van der Waals surface area contributed by atoms with E-state index in [0.29, 0.717) is 12.1 Å². The van der Waals surface area contributed by atoms with Crippen LogP contribution in [0, 0.1) is 0 Å². The smallest absolute Gasteiger partial charge is 0.339 e. The van der Waals surface area contributed by atoms with Crippen molar-refractivity contribution in [1.82, 2.24) is 9.88 Å². The number of nitrogens with two attached hydrogens (primary N) is 1. The molecule has 0 unspecified atom stereocenters. The molecule has 4 rings (SSSR count). The predicted octanol–water partition coefficient (Wildman–Crippen LogP) is 2.82. The first-order valence-electron chi connectivity index (χ1n) is 9.70. The Kier molecular flexibility index (Phi) is 5.27. The van der Waals surface area contributed by atoms with E-state index in [9.17, 15) is 9.59 Å². The Balaban J connectivity index is 1.72. The first-order chi connectivity index (χ1) is 14.0. The van der Waals surface area contributed by atoms with Gasteiger partial charge in [-0.3, -0.25) is 14.7 Å². The summed E-state index contributed by atoms with van der Waals surface area (Å²) in [5.41, 5.74) is 9.51. The summed E-state index contributed by atoms with van der Waals surface area (Å²) in [6.07, 6.45) is -0.243. The summed E-state index contributed by atoms with van der Waals surface area (Å²) in [5, 5.41) is 0.731. The molecule has 2 N–H and O–H groups in total. The standard InChI is InChI=1S/C23H23N3O3/c1-15(22(24)27)29-23(28)21-17-9-5-6-10-19(17)25-20-11-12-26(14-18(20)21)13-16-7-3-2-4-8-16/h2-10,15H,11-14H2,1H3,(H2,24,27)/t15-/m1/s1. The third kappa shape index (κ3) is 3.98. The van der Waals surface area contributed by atoms with Gasteiger partial charge in [0.2, 0.25) is 0 Å². The minimum atomic E-state index is -0.992. The Bertz CT molecular complexity index is 1070. The number of primary amides is 1. The lowest BCUT2D eigenvalue weighted by Crippen LogP contribution is -2.34. The van der Waals surface area contributed by atoms with Gasteiger partial charge in [0.25, 0.3) is 5.91 Å². The minimum Gasteiger partial charge on any atom is -0.449 e. The Hall–Kier alpha value is -3.25. The molecule has 0 aliphatic carbocycles. The van der Waals surface area contributed by atoms with Crippen molar-refractivity contribution in [2.45, 2.75) is 32.5 Å². The highest BCUT2D eigenvalue weighted by Gasteiger charge is 2.28. The Morgan fingerprint density at radius 2 is 1.86 bits per heavy atom. The molecule has 6 nitrogen and oxygen atoms in total. The molecule has 0 fully saturated rings. The summed E-state index contributed by atoms with van der Waals surface area (Å²) in [6.45, 7) is 3.73. The summed E-state index contributed by atoms with van der Waals surface area (Å²) in [4.78, 5) is 31.5. The first kappa shape index (κ1) is 19.1. The van der Waals surface area contributed by atoms with Crippen molar-refractivity contribution in [3.63, 3.8) is 0 Å². The molecular formula is C23H23N3O3.